The molecule has 0 aromatic heterocycles. The second-order valence-corrected chi connectivity index (χ2v) is 17.0. The van der Waals surface area contributed by atoms with E-state index in [0.717, 1.165) is 77.0 Å². The summed E-state index contributed by atoms with van der Waals surface area (Å²) in [6.45, 7) is 7.58. The van der Waals surface area contributed by atoms with Crippen LogP contribution in [0.1, 0.15) is 239 Å². The third-order valence-corrected chi connectivity index (χ3v) is 10.9. The first kappa shape index (κ1) is 59.1. The Hall–Kier alpha value is -2.92. The molecule has 0 aliphatic rings. The van der Waals surface area contributed by atoms with Crippen molar-refractivity contribution in [1.82, 2.24) is 0 Å². The maximum absolute atomic E-state index is 12.8. The van der Waals surface area contributed by atoms with E-state index in [9.17, 15) is 9.59 Å². The van der Waals surface area contributed by atoms with Gasteiger partial charge in [-0.05, 0) is 83.5 Å². The second-order valence-electron chi connectivity index (χ2n) is 17.0. The van der Waals surface area contributed by atoms with Gasteiger partial charge in [0.25, 0.3) is 0 Å². The van der Waals surface area contributed by atoms with Gasteiger partial charge < -0.3 is 14.2 Å². The molecule has 0 rings (SSSR count). The van der Waals surface area contributed by atoms with Crippen LogP contribution in [0.25, 0.3) is 0 Å². The summed E-state index contributed by atoms with van der Waals surface area (Å²) in [5.41, 5.74) is 0. The zero-order chi connectivity index (χ0) is 44.9. The lowest BCUT2D eigenvalue weighted by atomic mass is 10.0. The van der Waals surface area contributed by atoms with Crippen LogP contribution < -0.4 is 0 Å². The fourth-order valence-electron chi connectivity index (χ4n) is 7.05. The molecule has 1 unspecified atom stereocenters. The van der Waals surface area contributed by atoms with Gasteiger partial charge in [0.15, 0.2) is 6.10 Å². The maximum Gasteiger partial charge on any atom is 0.306 e. The second kappa shape index (κ2) is 52.4. The molecular formula is C57H98O5. The van der Waals surface area contributed by atoms with E-state index in [1.807, 2.05) is 0 Å². The third kappa shape index (κ3) is 49.7. The van der Waals surface area contributed by atoms with E-state index in [1.54, 1.807) is 0 Å². The van der Waals surface area contributed by atoms with Gasteiger partial charge in [0.05, 0.1) is 6.61 Å². The molecule has 0 heterocycles. The number of hydrogen-bond donors (Lipinski definition) is 0. The Morgan fingerprint density at radius 3 is 1.27 bits per heavy atom. The SMILES string of the molecule is CC/C=C\C/C=C\C/C=C\C/C=C\C/C=C\CCCC(=O)OCC(COCCCCCCCC/C=C\C/C=C\CCC)OC(=O)CCCCCCCCCCCCCCCCC. The average molecular weight is 863 g/mol. The van der Waals surface area contributed by atoms with Gasteiger partial charge in [-0.3, -0.25) is 9.59 Å². The Morgan fingerprint density at radius 2 is 0.774 bits per heavy atom. The molecular weight excluding hydrogens is 765 g/mol. The quantitative estimate of drug-likeness (QED) is 0.0346. The topological polar surface area (TPSA) is 61.8 Å². The van der Waals surface area contributed by atoms with Crippen LogP contribution >= 0.6 is 0 Å². The van der Waals surface area contributed by atoms with E-state index >= 15 is 0 Å². The number of esters is 2. The minimum Gasteiger partial charge on any atom is -0.462 e. The molecule has 1 atom stereocenters. The molecule has 0 N–H and O–H groups in total. The molecule has 0 fully saturated rings. The molecule has 356 valence electrons. The van der Waals surface area contributed by atoms with Gasteiger partial charge in [0, 0.05) is 19.4 Å². The number of unbranched alkanes of at least 4 members (excludes halogenated alkanes) is 22. The fourth-order valence-corrected chi connectivity index (χ4v) is 7.05. The molecule has 0 radical (unpaired) electrons. The molecule has 62 heavy (non-hydrogen) atoms. The lowest BCUT2D eigenvalue weighted by Crippen LogP contribution is -2.30. The first-order valence-electron chi connectivity index (χ1n) is 26.1. The largest absolute Gasteiger partial charge is 0.462 e. The van der Waals surface area contributed by atoms with Gasteiger partial charge in [-0.2, -0.15) is 0 Å². The molecule has 5 heteroatoms. The molecule has 0 amide bonds. The van der Waals surface area contributed by atoms with Crippen LogP contribution in [0.4, 0.5) is 0 Å². The van der Waals surface area contributed by atoms with Crippen molar-refractivity contribution >= 4 is 11.9 Å². The lowest BCUT2D eigenvalue weighted by molar-refractivity contribution is -0.163. The van der Waals surface area contributed by atoms with Crippen molar-refractivity contribution < 1.29 is 23.8 Å². The summed E-state index contributed by atoms with van der Waals surface area (Å²) in [4.78, 5) is 25.4. The Labute approximate surface area is 384 Å². The smallest absolute Gasteiger partial charge is 0.306 e. The number of carbonyl (C=O) groups is 2. The lowest BCUT2D eigenvalue weighted by Gasteiger charge is -2.18. The summed E-state index contributed by atoms with van der Waals surface area (Å²) in [7, 11) is 0. The summed E-state index contributed by atoms with van der Waals surface area (Å²) in [5.74, 6) is -0.467. The van der Waals surface area contributed by atoms with E-state index in [4.69, 9.17) is 14.2 Å². The highest BCUT2D eigenvalue weighted by Crippen LogP contribution is 2.15. The average Bonchev–Trinajstić information content (AvgIpc) is 3.27. The van der Waals surface area contributed by atoms with E-state index in [1.165, 1.54) is 128 Å². The van der Waals surface area contributed by atoms with Crippen LogP contribution in [-0.4, -0.2) is 37.9 Å². The Morgan fingerprint density at radius 1 is 0.371 bits per heavy atom. The van der Waals surface area contributed by atoms with Gasteiger partial charge in [0.2, 0.25) is 0 Å². The van der Waals surface area contributed by atoms with Crippen molar-refractivity contribution in [1.29, 1.82) is 0 Å². The van der Waals surface area contributed by atoms with E-state index in [0.29, 0.717) is 19.4 Å². The number of hydrogen-bond acceptors (Lipinski definition) is 5. The summed E-state index contributed by atoms with van der Waals surface area (Å²) in [6, 6.07) is 0. The highest BCUT2D eigenvalue weighted by molar-refractivity contribution is 5.70. The van der Waals surface area contributed by atoms with Crippen molar-refractivity contribution in [3.05, 3.63) is 85.1 Å². The summed E-state index contributed by atoms with van der Waals surface area (Å²) in [5, 5.41) is 0. The zero-order valence-corrected chi connectivity index (χ0v) is 40.9. The van der Waals surface area contributed by atoms with Crippen LogP contribution in [0.15, 0.2) is 85.1 Å². The Balaban J connectivity index is 4.37. The third-order valence-electron chi connectivity index (χ3n) is 10.9. The highest BCUT2D eigenvalue weighted by Gasteiger charge is 2.17. The predicted octanol–water partition coefficient (Wildman–Crippen LogP) is 17.7. The van der Waals surface area contributed by atoms with Crippen molar-refractivity contribution in [3.63, 3.8) is 0 Å². The van der Waals surface area contributed by atoms with Crippen molar-refractivity contribution in [2.24, 2.45) is 0 Å². The van der Waals surface area contributed by atoms with Crippen molar-refractivity contribution in [2.45, 2.75) is 245 Å². The van der Waals surface area contributed by atoms with Gasteiger partial charge in [-0.25, -0.2) is 0 Å². The molecule has 0 saturated carbocycles. The Kier molecular flexibility index (Phi) is 50.0. The summed E-state index contributed by atoms with van der Waals surface area (Å²) >= 11 is 0. The first-order chi connectivity index (χ1) is 30.6. The monoisotopic (exact) mass is 863 g/mol. The van der Waals surface area contributed by atoms with Crippen LogP contribution in [0.3, 0.4) is 0 Å². The van der Waals surface area contributed by atoms with Gasteiger partial charge in [-0.15, -0.1) is 0 Å². The number of allylic oxidation sites excluding steroid dienone is 14. The minimum atomic E-state index is -0.566. The van der Waals surface area contributed by atoms with Gasteiger partial charge >= 0.3 is 11.9 Å². The number of carbonyl (C=O) groups excluding carboxylic acids is 2. The number of rotatable bonds is 47. The van der Waals surface area contributed by atoms with Gasteiger partial charge in [-0.1, -0.05) is 228 Å². The van der Waals surface area contributed by atoms with Crippen LogP contribution in [-0.2, 0) is 23.8 Å². The first-order valence-corrected chi connectivity index (χ1v) is 26.1. The van der Waals surface area contributed by atoms with Crippen LogP contribution in [0, 0.1) is 0 Å². The standard InChI is InChI=1S/C57H98O5/c1-4-7-10-13-16-19-22-25-28-29-31-32-35-38-41-44-47-50-56(58)61-54-55(53-60-52-49-46-43-40-37-34-27-24-21-18-15-12-9-6-3)62-57(59)51-48-45-42-39-36-33-30-26-23-20-17-14-11-8-5-2/h7,10,12,15-16,19,21,24-25,28,31-32,38,41,55H,4-6,8-9,11,13-14,17-18,20,22-23,26-27,29-30,33-37,39-40,42-54H2,1-3H3/b10-7-,15-12-,19-16-,24-21-,28-25-,32-31-,41-38-. The predicted molar refractivity (Wildman–Crippen MR) is 270 cm³/mol. The van der Waals surface area contributed by atoms with E-state index < -0.39 is 6.10 Å². The maximum atomic E-state index is 12.8. The normalized spacial score (nSPS) is 12.9. The molecule has 0 aromatic rings. The van der Waals surface area contributed by atoms with Crippen LogP contribution in [0.5, 0.6) is 0 Å². The van der Waals surface area contributed by atoms with Crippen LogP contribution in [0.2, 0.25) is 0 Å². The van der Waals surface area contributed by atoms with Crippen molar-refractivity contribution in [2.75, 3.05) is 19.8 Å². The fraction of sp³-hybridized carbons (Fsp3) is 0.719. The number of ether oxygens (including phenoxy) is 3. The van der Waals surface area contributed by atoms with Crippen molar-refractivity contribution in [3.8, 4) is 0 Å². The summed E-state index contributed by atoms with van der Waals surface area (Å²) in [6.07, 6.45) is 68.8. The molecule has 0 aromatic carbocycles. The molecule has 0 saturated heterocycles. The van der Waals surface area contributed by atoms with E-state index in [2.05, 4.69) is 106 Å². The van der Waals surface area contributed by atoms with Gasteiger partial charge in [0.1, 0.15) is 6.61 Å². The summed E-state index contributed by atoms with van der Waals surface area (Å²) < 4.78 is 17.4. The van der Waals surface area contributed by atoms with E-state index in [-0.39, 0.29) is 25.2 Å². The highest BCUT2D eigenvalue weighted by atomic mass is 16.6. The molecule has 0 aliphatic carbocycles. The molecule has 5 nitrogen and oxygen atoms in total. The zero-order valence-electron chi connectivity index (χ0n) is 40.9. The molecule has 0 spiro atoms. The molecule has 0 aliphatic heterocycles. The minimum absolute atomic E-state index is 0.0502. The molecule has 0 bridgehead atoms. The Bertz CT molecular complexity index is 1160.